The summed E-state index contributed by atoms with van der Waals surface area (Å²) in [4.78, 5) is 0. The Hall–Kier alpha value is -0.180. The minimum atomic E-state index is -3.48. The number of sulfone groups is 1. The second-order valence-corrected chi connectivity index (χ2v) is 8.75. The fourth-order valence-corrected chi connectivity index (χ4v) is 4.73. The van der Waals surface area contributed by atoms with Crippen LogP contribution in [0.25, 0.3) is 0 Å². The van der Waals surface area contributed by atoms with Crippen molar-refractivity contribution in [2.75, 3.05) is 30.9 Å². The summed E-state index contributed by atoms with van der Waals surface area (Å²) in [7, 11) is -6.74. The average molecular weight is 270 g/mol. The fraction of sp³-hybridized carbons (Fsp3) is 1.00. The van der Waals surface area contributed by atoms with Gasteiger partial charge in [-0.05, 0) is 5.92 Å². The van der Waals surface area contributed by atoms with E-state index in [1.807, 2.05) is 6.92 Å². The summed E-state index contributed by atoms with van der Waals surface area (Å²) in [5, 5.41) is 0. The van der Waals surface area contributed by atoms with Crippen LogP contribution in [0.4, 0.5) is 0 Å². The Balaban J connectivity index is 2.66. The van der Waals surface area contributed by atoms with E-state index in [9.17, 15) is 16.8 Å². The number of rotatable bonds is 4. The number of hydrogen-bond acceptors (Lipinski definition) is 5. The van der Waals surface area contributed by atoms with Gasteiger partial charge in [0, 0.05) is 25.4 Å². The van der Waals surface area contributed by atoms with Gasteiger partial charge in [0.1, 0.15) is 9.84 Å². The molecule has 2 N–H and O–H groups in total. The highest BCUT2D eigenvalue weighted by molar-refractivity contribution is 7.93. The van der Waals surface area contributed by atoms with E-state index < -0.39 is 19.9 Å². The Labute approximate surface area is 96.8 Å². The SMILES string of the molecule is CC1CN(S(=O)(=O)CCS(C)(=O)=O)CC1N. The second-order valence-electron chi connectivity index (χ2n) is 4.40. The molecule has 0 bridgehead atoms. The van der Waals surface area contributed by atoms with Crippen LogP contribution < -0.4 is 5.73 Å². The molecule has 0 radical (unpaired) electrons. The maximum absolute atomic E-state index is 11.8. The molecule has 8 heteroatoms. The van der Waals surface area contributed by atoms with Gasteiger partial charge in [0.2, 0.25) is 10.0 Å². The first-order valence-corrected chi connectivity index (χ1v) is 8.70. The van der Waals surface area contributed by atoms with Crippen molar-refractivity contribution in [2.24, 2.45) is 11.7 Å². The number of hydrogen-bond donors (Lipinski definition) is 1. The van der Waals surface area contributed by atoms with E-state index >= 15 is 0 Å². The highest BCUT2D eigenvalue weighted by Crippen LogP contribution is 2.18. The predicted octanol–water partition coefficient (Wildman–Crippen LogP) is -1.36. The van der Waals surface area contributed by atoms with Gasteiger partial charge in [0.15, 0.2) is 0 Å². The number of nitrogens with zero attached hydrogens (tertiary/aromatic N) is 1. The molecule has 0 aromatic heterocycles. The molecule has 1 aliphatic rings. The quantitative estimate of drug-likeness (QED) is 0.680. The van der Waals surface area contributed by atoms with Gasteiger partial charge < -0.3 is 5.73 Å². The van der Waals surface area contributed by atoms with E-state index in [-0.39, 0.29) is 30.0 Å². The van der Waals surface area contributed by atoms with Crippen LogP contribution in [-0.4, -0.2) is 58.0 Å². The van der Waals surface area contributed by atoms with Crippen molar-refractivity contribution in [1.29, 1.82) is 0 Å². The number of sulfonamides is 1. The molecule has 1 aliphatic heterocycles. The maximum Gasteiger partial charge on any atom is 0.215 e. The Kier molecular flexibility index (Phi) is 3.99. The van der Waals surface area contributed by atoms with Crippen molar-refractivity contribution in [3.05, 3.63) is 0 Å². The van der Waals surface area contributed by atoms with Gasteiger partial charge in [-0.2, -0.15) is 0 Å². The molecule has 1 heterocycles. The summed E-state index contributed by atoms with van der Waals surface area (Å²) in [5.41, 5.74) is 5.72. The van der Waals surface area contributed by atoms with Crippen molar-refractivity contribution in [2.45, 2.75) is 13.0 Å². The minimum absolute atomic E-state index is 0.119. The van der Waals surface area contributed by atoms with Crippen LogP contribution in [0.1, 0.15) is 6.92 Å². The molecule has 2 atom stereocenters. The van der Waals surface area contributed by atoms with E-state index in [4.69, 9.17) is 5.73 Å². The van der Waals surface area contributed by atoms with Crippen LogP contribution in [0.3, 0.4) is 0 Å². The zero-order valence-electron chi connectivity index (χ0n) is 9.46. The van der Waals surface area contributed by atoms with Crippen LogP contribution in [-0.2, 0) is 19.9 Å². The van der Waals surface area contributed by atoms with E-state index in [2.05, 4.69) is 0 Å². The van der Waals surface area contributed by atoms with Crippen molar-refractivity contribution in [3.8, 4) is 0 Å². The van der Waals surface area contributed by atoms with Crippen LogP contribution >= 0.6 is 0 Å². The molecule has 6 nitrogen and oxygen atoms in total. The lowest BCUT2D eigenvalue weighted by Crippen LogP contribution is -2.35. The molecule has 1 saturated heterocycles. The Morgan fingerprint density at radius 2 is 1.75 bits per heavy atom. The van der Waals surface area contributed by atoms with Crippen molar-refractivity contribution >= 4 is 19.9 Å². The molecule has 0 aromatic carbocycles. The minimum Gasteiger partial charge on any atom is -0.326 e. The van der Waals surface area contributed by atoms with E-state index in [1.54, 1.807) is 0 Å². The van der Waals surface area contributed by atoms with E-state index in [0.29, 0.717) is 6.54 Å². The summed E-state index contributed by atoms with van der Waals surface area (Å²) in [6.45, 7) is 2.55. The van der Waals surface area contributed by atoms with Gasteiger partial charge in [-0.25, -0.2) is 21.1 Å². The van der Waals surface area contributed by atoms with Gasteiger partial charge in [0.25, 0.3) is 0 Å². The Bertz CT molecular complexity index is 433. The van der Waals surface area contributed by atoms with Gasteiger partial charge in [0.05, 0.1) is 11.5 Å². The summed E-state index contributed by atoms with van der Waals surface area (Å²) >= 11 is 0. The highest BCUT2D eigenvalue weighted by Gasteiger charge is 2.34. The zero-order valence-corrected chi connectivity index (χ0v) is 11.1. The molecule has 2 unspecified atom stereocenters. The third-order valence-electron chi connectivity index (χ3n) is 2.74. The van der Waals surface area contributed by atoms with Crippen molar-refractivity contribution < 1.29 is 16.8 Å². The maximum atomic E-state index is 11.8. The average Bonchev–Trinajstić information content (AvgIpc) is 2.44. The molecule has 0 spiro atoms. The van der Waals surface area contributed by atoms with Crippen LogP contribution in [0.2, 0.25) is 0 Å². The fourth-order valence-electron chi connectivity index (χ4n) is 1.56. The molecule has 1 rings (SSSR count). The summed E-state index contributed by atoms with van der Waals surface area (Å²) in [6, 6.07) is -0.159. The van der Waals surface area contributed by atoms with E-state index in [0.717, 1.165) is 6.26 Å². The van der Waals surface area contributed by atoms with Gasteiger partial charge >= 0.3 is 0 Å². The van der Waals surface area contributed by atoms with Crippen molar-refractivity contribution in [1.82, 2.24) is 4.31 Å². The summed E-state index contributed by atoms with van der Waals surface area (Å²) in [5.74, 6) is -0.575. The van der Waals surface area contributed by atoms with Crippen LogP contribution in [0.5, 0.6) is 0 Å². The summed E-state index contributed by atoms with van der Waals surface area (Å²) in [6.07, 6.45) is 1.03. The highest BCUT2D eigenvalue weighted by atomic mass is 32.2. The molecule has 0 aromatic rings. The van der Waals surface area contributed by atoms with Crippen LogP contribution in [0.15, 0.2) is 0 Å². The first-order valence-electron chi connectivity index (χ1n) is 5.03. The van der Waals surface area contributed by atoms with Gasteiger partial charge in [-0.3, -0.25) is 0 Å². The monoisotopic (exact) mass is 270 g/mol. The topological polar surface area (TPSA) is 97.5 Å². The molecule has 1 fully saturated rings. The normalized spacial score (nSPS) is 28.4. The largest absolute Gasteiger partial charge is 0.326 e. The standard InChI is InChI=1S/C8H18N2O4S2/c1-7-5-10(6-8(7)9)16(13,14)4-3-15(2,11)12/h7-8H,3-6,9H2,1-2H3. The lowest BCUT2D eigenvalue weighted by molar-refractivity contribution is 0.465. The predicted molar refractivity (Wildman–Crippen MR) is 62.2 cm³/mol. The molecule has 0 aliphatic carbocycles. The molecule has 0 saturated carbocycles. The lowest BCUT2D eigenvalue weighted by Gasteiger charge is -2.15. The third-order valence-corrected chi connectivity index (χ3v) is 5.75. The smallest absolute Gasteiger partial charge is 0.215 e. The first-order chi connectivity index (χ1) is 7.12. The van der Waals surface area contributed by atoms with Crippen LogP contribution in [0, 0.1) is 5.92 Å². The number of nitrogens with two attached hydrogens (primary N) is 1. The first kappa shape index (κ1) is 13.9. The molecular weight excluding hydrogens is 252 g/mol. The zero-order chi connectivity index (χ0) is 12.6. The Morgan fingerprint density at radius 1 is 1.19 bits per heavy atom. The molecule has 0 amide bonds. The van der Waals surface area contributed by atoms with Crippen molar-refractivity contribution in [3.63, 3.8) is 0 Å². The second kappa shape index (κ2) is 4.59. The third kappa shape index (κ3) is 3.69. The summed E-state index contributed by atoms with van der Waals surface area (Å²) < 4.78 is 46.7. The lowest BCUT2D eigenvalue weighted by atomic mass is 10.1. The van der Waals surface area contributed by atoms with E-state index in [1.165, 1.54) is 4.31 Å². The molecule has 16 heavy (non-hydrogen) atoms. The Morgan fingerprint density at radius 3 is 2.12 bits per heavy atom. The molecular formula is C8H18N2O4S2. The van der Waals surface area contributed by atoms with Gasteiger partial charge in [-0.1, -0.05) is 6.92 Å². The molecule has 96 valence electrons. The van der Waals surface area contributed by atoms with Gasteiger partial charge in [-0.15, -0.1) is 0 Å².